The van der Waals surface area contributed by atoms with Crippen molar-refractivity contribution >= 4 is 5.97 Å². The molecule has 0 saturated carbocycles. The Hall–Kier alpha value is -4.06. The van der Waals surface area contributed by atoms with E-state index in [1.807, 2.05) is 54.6 Å². The first kappa shape index (κ1) is 19.3. The largest absolute Gasteiger partial charge is 0.497 e. The highest BCUT2D eigenvalue weighted by molar-refractivity contribution is 5.94. The number of hydrogen-bond donors (Lipinski definition) is 2. The highest BCUT2D eigenvalue weighted by Crippen LogP contribution is 2.28. The maximum atomic E-state index is 11.7. The molecule has 30 heavy (non-hydrogen) atoms. The molecule has 0 aliphatic carbocycles. The van der Waals surface area contributed by atoms with Crippen LogP contribution in [0.3, 0.4) is 0 Å². The number of carboxylic acids is 1. The van der Waals surface area contributed by atoms with E-state index < -0.39 is 5.97 Å². The van der Waals surface area contributed by atoms with Crippen molar-refractivity contribution in [3.63, 3.8) is 0 Å². The lowest BCUT2D eigenvalue weighted by Gasteiger charge is -2.06. The van der Waals surface area contributed by atoms with Gasteiger partial charge in [0.15, 0.2) is 5.69 Å². The molecule has 4 aromatic rings. The monoisotopic (exact) mass is 400 g/mol. The highest BCUT2D eigenvalue weighted by Gasteiger charge is 2.19. The average Bonchev–Trinajstić information content (AvgIpc) is 3.25. The van der Waals surface area contributed by atoms with Crippen molar-refractivity contribution in [1.82, 2.24) is 9.97 Å². The van der Waals surface area contributed by atoms with E-state index in [2.05, 4.69) is 9.97 Å². The molecule has 0 unspecified atom stereocenters. The molecule has 6 heteroatoms. The van der Waals surface area contributed by atoms with Crippen molar-refractivity contribution in [3.8, 4) is 34.1 Å². The molecule has 0 spiro atoms. The van der Waals surface area contributed by atoms with Gasteiger partial charge in [0.2, 0.25) is 0 Å². The molecule has 3 aromatic carbocycles. The van der Waals surface area contributed by atoms with Crippen molar-refractivity contribution in [2.24, 2.45) is 0 Å². The molecule has 0 fully saturated rings. The van der Waals surface area contributed by atoms with Crippen LogP contribution < -0.4 is 9.47 Å². The predicted molar refractivity (Wildman–Crippen MR) is 114 cm³/mol. The quantitative estimate of drug-likeness (QED) is 0.455. The van der Waals surface area contributed by atoms with Crippen molar-refractivity contribution in [2.45, 2.75) is 6.61 Å². The molecule has 4 rings (SSSR count). The molecule has 1 heterocycles. The molecule has 0 amide bonds. The first-order valence-electron chi connectivity index (χ1n) is 9.39. The number of benzene rings is 3. The number of H-pyrrole nitrogens is 1. The topological polar surface area (TPSA) is 84.4 Å². The Balaban J connectivity index is 1.56. The molecule has 0 aliphatic heterocycles. The normalized spacial score (nSPS) is 10.6. The lowest BCUT2D eigenvalue weighted by atomic mass is 10.1. The van der Waals surface area contributed by atoms with E-state index in [9.17, 15) is 9.90 Å². The molecular formula is C24H20N2O4. The Bertz CT molecular complexity index is 1130. The van der Waals surface area contributed by atoms with Crippen LogP contribution in [0.15, 0.2) is 78.9 Å². The molecule has 0 aliphatic rings. The lowest BCUT2D eigenvalue weighted by molar-refractivity contribution is 0.0692. The summed E-state index contributed by atoms with van der Waals surface area (Å²) in [4.78, 5) is 19.2. The van der Waals surface area contributed by atoms with Gasteiger partial charge in [0.25, 0.3) is 0 Å². The summed E-state index contributed by atoms with van der Waals surface area (Å²) in [5.74, 6) is 0.829. The summed E-state index contributed by atoms with van der Waals surface area (Å²) in [5.41, 5.74) is 2.97. The van der Waals surface area contributed by atoms with E-state index in [0.29, 0.717) is 29.4 Å². The van der Waals surface area contributed by atoms with Gasteiger partial charge in [-0.1, -0.05) is 30.3 Å². The van der Waals surface area contributed by atoms with E-state index in [0.717, 1.165) is 16.9 Å². The van der Waals surface area contributed by atoms with Gasteiger partial charge in [-0.2, -0.15) is 0 Å². The third kappa shape index (κ3) is 4.17. The fourth-order valence-electron chi connectivity index (χ4n) is 3.07. The van der Waals surface area contributed by atoms with Gasteiger partial charge in [-0.15, -0.1) is 0 Å². The van der Waals surface area contributed by atoms with Crippen LogP contribution in [0.1, 0.15) is 16.1 Å². The molecule has 6 nitrogen and oxygen atoms in total. The number of nitrogens with zero attached hydrogens (tertiary/aromatic N) is 1. The lowest BCUT2D eigenvalue weighted by Crippen LogP contribution is -1.99. The summed E-state index contributed by atoms with van der Waals surface area (Å²) >= 11 is 0. The van der Waals surface area contributed by atoms with Crippen LogP contribution in [0.25, 0.3) is 22.6 Å². The number of imidazole rings is 1. The summed E-state index contributed by atoms with van der Waals surface area (Å²) in [5, 5.41) is 9.59. The van der Waals surface area contributed by atoms with Crippen molar-refractivity contribution in [2.75, 3.05) is 7.11 Å². The number of aromatic carboxylic acids is 1. The summed E-state index contributed by atoms with van der Waals surface area (Å²) in [6.45, 7) is 0.478. The fourth-order valence-corrected chi connectivity index (χ4v) is 3.07. The van der Waals surface area contributed by atoms with Crippen LogP contribution in [0.2, 0.25) is 0 Å². The van der Waals surface area contributed by atoms with Gasteiger partial charge in [-0.25, -0.2) is 9.78 Å². The van der Waals surface area contributed by atoms with Gasteiger partial charge in [0, 0.05) is 11.1 Å². The molecule has 0 atom stereocenters. The number of rotatable bonds is 7. The van der Waals surface area contributed by atoms with Crippen LogP contribution in [-0.2, 0) is 6.61 Å². The van der Waals surface area contributed by atoms with Gasteiger partial charge < -0.3 is 19.6 Å². The minimum atomic E-state index is -1.07. The maximum Gasteiger partial charge on any atom is 0.354 e. The zero-order chi connectivity index (χ0) is 20.9. The van der Waals surface area contributed by atoms with E-state index >= 15 is 0 Å². The second kappa shape index (κ2) is 8.53. The third-order valence-electron chi connectivity index (χ3n) is 4.66. The van der Waals surface area contributed by atoms with Gasteiger partial charge in [-0.05, 0) is 54.1 Å². The predicted octanol–water partition coefficient (Wildman–Crippen LogP) is 5.03. The minimum Gasteiger partial charge on any atom is -0.497 e. The zero-order valence-corrected chi connectivity index (χ0v) is 16.3. The van der Waals surface area contributed by atoms with Crippen LogP contribution >= 0.6 is 0 Å². The fraction of sp³-hybridized carbons (Fsp3) is 0.0833. The first-order valence-corrected chi connectivity index (χ1v) is 9.39. The smallest absolute Gasteiger partial charge is 0.354 e. The van der Waals surface area contributed by atoms with Crippen molar-refractivity contribution in [1.29, 1.82) is 0 Å². The number of carbonyl (C=O) groups is 1. The Labute approximate surface area is 173 Å². The van der Waals surface area contributed by atoms with E-state index in [4.69, 9.17) is 9.47 Å². The second-order valence-electron chi connectivity index (χ2n) is 6.64. The van der Waals surface area contributed by atoms with Crippen LogP contribution in [0, 0.1) is 0 Å². The number of nitrogens with one attached hydrogen (secondary N) is 1. The van der Waals surface area contributed by atoms with Gasteiger partial charge in [0.1, 0.15) is 29.6 Å². The number of methoxy groups -OCH3 is 1. The average molecular weight is 400 g/mol. The Morgan fingerprint density at radius 2 is 1.53 bits per heavy atom. The summed E-state index contributed by atoms with van der Waals surface area (Å²) in [7, 11) is 1.58. The SMILES string of the molecule is COc1ccc(-c2nc(-c3ccc(OCc4ccccc4)cc3)[nH]c2C(=O)O)cc1. The van der Waals surface area contributed by atoms with Crippen LogP contribution in [0.4, 0.5) is 0 Å². The molecule has 150 valence electrons. The standard InChI is InChI=1S/C24H20N2O4/c1-29-19-11-7-17(8-12-19)21-22(24(27)28)26-23(25-21)18-9-13-20(14-10-18)30-15-16-5-3-2-4-6-16/h2-14H,15H2,1H3,(H,25,26)(H,27,28). The number of ether oxygens (including phenoxy) is 2. The minimum absolute atomic E-state index is 0.0413. The molecule has 2 N–H and O–H groups in total. The maximum absolute atomic E-state index is 11.7. The molecule has 1 aromatic heterocycles. The second-order valence-corrected chi connectivity index (χ2v) is 6.64. The Kier molecular flexibility index (Phi) is 5.48. The van der Waals surface area contributed by atoms with Gasteiger partial charge in [0.05, 0.1) is 7.11 Å². The zero-order valence-electron chi connectivity index (χ0n) is 16.3. The number of aromatic nitrogens is 2. The summed E-state index contributed by atoms with van der Waals surface area (Å²) in [6, 6.07) is 24.4. The van der Waals surface area contributed by atoms with Gasteiger partial charge in [-0.3, -0.25) is 0 Å². The number of hydrogen-bond acceptors (Lipinski definition) is 4. The Morgan fingerprint density at radius 3 is 2.17 bits per heavy atom. The Morgan fingerprint density at radius 1 is 0.900 bits per heavy atom. The number of carboxylic acid groups (broad SMARTS) is 1. The third-order valence-corrected chi connectivity index (χ3v) is 4.66. The van der Waals surface area contributed by atoms with Crippen LogP contribution in [0.5, 0.6) is 11.5 Å². The van der Waals surface area contributed by atoms with Crippen LogP contribution in [-0.4, -0.2) is 28.2 Å². The van der Waals surface area contributed by atoms with E-state index in [-0.39, 0.29) is 5.69 Å². The molecule has 0 bridgehead atoms. The molecule has 0 radical (unpaired) electrons. The van der Waals surface area contributed by atoms with Gasteiger partial charge >= 0.3 is 5.97 Å². The summed E-state index contributed by atoms with van der Waals surface area (Å²) in [6.07, 6.45) is 0. The van der Waals surface area contributed by atoms with Crippen molar-refractivity contribution in [3.05, 3.63) is 90.1 Å². The van der Waals surface area contributed by atoms with E-state index in [1.165, 1.54) is 0 Å². The van der Waals surface area contributed by atoms with Crippen molar-refractivity contribution < 1.29 is 19.4 Å². The summed E-state index contributed by atoms with van der Waals surface area (Å²) < 4.78 is 11.0. The molecule has 0 saturated heterocycles. The van der Waals surface area contributed by atoms with E-state index in [1.54, 1.807) is 31.4 Å². The first-order chi connectivity index (χ1) is 14.6. The number of aromatic amines is 1. The highest BCUT2D eigenvalue weighted by atomic mass is 16.5. The molecular weight excluding hydrogens is 380 g/mol.